The fourth-order valence-electron chi connectivity index (χ4n) is 2.52. The van der Waals surface area contributed by atoms with Gasteiger partial charge in [0.25, 0.3) is 0 Å². The third kappa shape index (κ3) is 2.36. The van der Waals surface area contributed by atoms with Crippen molar-refractivity contribution in [3.8, 4) is 0 Å². The molecule has 2 aromatic rings. The summed E-state index contributed by atoms with van der Waals surface area (Å²) in [5, 5.41) is 13.3. The van der Waals surface area contributed by atoms with Crippen LogP contribution in [-0.2, 0) is 11.3 Å². The zero-order chi connectivity index (χ0) is 14.1. The smallest absolute Gasteiger partial charge is 0.311 e. The molecule has 1 aliphatic rings. The van der Waals surface area contributed by atoms with E-state index in [2.05, 4.69) is 14.5 Å². The van der Waals surface area contributed by atoms with Gasteiger partial charge in [-0.1, -0.05) is 34.3 Å². The van der Waals surface area contributed by atoms with Gasteiger partial charge in [0, 0.05) is 23.8 Å². The number of carboxylic acids is 1. The van der Waals surface area contributed by atoms with Crippen LogP contribution >= 0.6 is 23.1 Å². The van der Waals surface area contributed by atoms with E-state index in [4.69, 9.17) is 11.6 Å². The van der Waals surface area contributed by atoms with E-state index in [1.54, 1.807) is 0 Å². The first kappa shape index (κ1) is 13.3. The van der Waals surface area contributed by atoms with Crippen molar-refractivity contribution >= 4 is 34.8 Å². The van der Waals surface area contributed by atoms with Gasteiger partial charge in [-0.2, -0.15) is 0 Å². The second-order valence-corrected chi connectivity index (χ2v) is 6.01. The van der Waals surface area contributed by atoms with Crippen LogP contribution in [0.4, 0.5) is 5.69 Å². The van der Waals surface area contributed by atoms with Gasteiger partial charge in [0.1, 0.15) is 10.0 Å². The van der Waals surface area contributed by atoms with Crippen LogP contribution in [0, 0.1) is 0 Å². The van der Waals surface area contributed by atoms with Crippen molar-refractivity contribution < 1.29 is 9.90 Å². The molecule has 1 N–H and O–H groups in total. The Balaban J connectivity index is 1.93. The van der Waals surface area contributed by atoms with Gasteiger partial charge >= 0.3 is 5.97 Å². The number of fused-ring (bicyclic) bond motifs is 1. The number of carbonyl (C=O) groups is 1. The molecular weight excluding hydrogens is 298 g/mol. The lowest BCUT2D eigenvalue weighted by molar-refractivity contribution is -0.139. The molecule has 1 aliphatic heterocycles. The number of hydrogen-bond acceptors (Lipinski definition) is 5. The standard InChI is InChI=1S/C13H12ClN3O2S/c14-12-10(15-16-20-12)7-17-6-5-9(13(18)19)8-3-1-2-4-11(8)17/h1-4,9H,5-7H2,(H,18,19). The third-order valence-electron chi connectivity index (χ3n) is 3.49. The fraction of sp³-hybridized carbons (Fsp3) is 0.308. The first-order valence-electron chi connectivity index (χ1n) is 6.20. The van der Waals surface area contributed by atoms with Crippen LogP contribution in [0.5, 0.6) is 0 Å². The Morgan fingerprint density at radius 3 is 3.00 bits per heavy atom. The van der Waals surface area contributed by atoms with Crippen LogP contribution in [0.3, 0.4) is 0 Å². The second-order valence-electron chi connectivity index (χ2n) is 4.65. The Morgan fingerprint density at radius 2 is 2.30 bits per heavy atom. The summed E-state index contributed by atoms with van der Waals surface area (Å²) in [6, 6.07) is 7.60. The maximum absolute atomic E-state index is 11.3. The molecule has 0 radical (unpaired) electrons. The van der Waals surface area contributed by atoms with Crippen molar-refractivity contribution in [2.24, 2.45) is 0 Å². The summed E-state index contributed by atoms with van der Waals surface area (Å²) in [6.07, 6.45) is 0.585. The fourth-order valence-corrected chi connectivity index (χ4v) is 3.14. The summed E-state index contributed by atoms with van der Waals surface area (Å²) in [7, 11) is 0. The molecule has 0 spiro atoms. The molecule has 0 amide bonds. The molecule has 0 saturated heterocycles. The van der Waals surface area contributed by atoms with E-state index < -0.39 is 11.9 Å². The Bertz CT molecular complexity index is 646. The second kappa shape index (κ2) is 5.38. The van der Waals surface area contributed by atoms with Gasteiger partial charge in [0.05, 0.1) is 12.5 Å². The highest BCUT2D eigenvalue weighted by Gasteiger charge is 2.30. The minimum absolute atomic E-state index is 0.438. The Hall–Kier alpha value is -1.66. The number of aliphatic carboxylic acids is 1. The van der Waals surface area contributed by atoms with Crippen molar-refractivity contribution in [2.45, 2.75) is 18.9 Å². The summed E-state index contributed by atoms with van der Waals surface area (Å²) < 4.78 is 4.41. The zero-order valence-corrected chi connectivity index (χ0v) is 12.1. The topological polar surface area (TPSA) is 66.3 Å². The monoisotopic (exact) mass is 309 g/mol. The SMILES string of the molecule is O=C(O)C1CCN(Cc2nnsc2Cl)c2ccccc21. The highest BCUT2D eigenvalue weighted by atomic mass is 35.5. The summed E-state index contributed by atoms with van der Waals surface area (Å²) in [4.78, 5) is 13.4. The molecule has 1 aromatic carbocycles. The molecular formula is C13H12ClN3O2S. The van der Waals surface area contributed by atoms with Gasteiger partial charge < -0.3 is 10.0 Å². The van der Waals surface area contributed by atoms with Gasteiger partial charge in [0.15, 0.2) is 0 Å². The van der Waals surface area contributed by atoms with Crippen LogP contribution in [0.25, 0.3) is 0 Å². The number of halogens is 1. The van der Waals surface area contributed by atoms with Crippen molar-refractivity contribution in [2.75, 3.05) is 11.4 Å². The molecule has 3 rings (SSSR count). The lowest BCUT2D eigenvalue weighted by atomic mass is 9.90. The average molecular weight is 310 g/mol. The molecule has 20 heavy (non-hydrogen) atoms. The van der Waals surface area contributed by atoms with E-state index in [9.17, 15) is 9.90 Å². The first-order valence-corrected chi connectivity index (χ1v) is 7.35. The van der Waals surface area contributed by atoms with Gasteiger partial charge in [-0.05, 0) is 18.1 Å². The lowest BCUT2D eigenvalue weighted by Gasteiger charge is -2.33. The van der Waals surface area contributed by atoms with Crippen LogP contribution < -0.4 is 4.90 Å². The lowest BCUT2D eigenvalue weighted by Crippen LogP contribution is -2.33. The van der Waals surface area contributed by atoms with Gasteiger partial charge in [-0.15, -0.1) is 5.10 Å². The molecule has 2 heterocycles. The summed E-state index contributed by atoms with van der Waals surface area (Å²) >= 11 is 7.20. The highest BCUT2D eigenvalue weighted by Crippen LogP contribution is 2.36. The predicted molar refractivity (Wildman–Crippen MR) is 77.4 cm³/mol. The minimum atomic E-state index is -0.773. The van der Waals surface area contributed by atoms with E-state index in [0.717, 1.165) is 28.5 Å². The maximum atomic E-state index is 11.3. The number of anilines is 1. The van der Waals surface area contributed by atoms with Crippen LogP contribution in [0.1, 0.15) is 23.6 Å². The predicted octanol–water partition coefficient (Wildman–Crippen LogP) is 2.77. The Kier molecular flexibility index (Phi) is 3.58. The number of nitrogens with zero attached hydrogens (tertiary/aromatic N) is 3. The maximum Gasteiger partial charge on any atom is 0.311 e. The molecule has 104 valence electrons. The normalized spacial score (nSPS) is 17.9. The minimum Gasteiger partial charge on any atom is -0.481 e. The Labute approximate surface area is 125 Å². The Morgan fingerprint density at radius 1 is 1.50 bits per heavy atom. The molecule has 0 fully saturated rings. The van der Waals surface area contributed by atoms with Gasteiger partial charge in [0.2, 0.25) is 0 Å². The number of benzene rings is 1. The number of hydrogen-bond donors (Lipinski definition) is 1. The summed E-state index contributed by atoms with van der Waals surface area (Å²) in [5.41, 5.74) is 2.53. The van der Waals surface area contributed by atoms with E-state index >= 15 is 0 Å². The average Bonchev–Trinajstić information content (AvgIpc) is 2.84. The number of carboxylic acid groups (broad SMARTS) is 1. The quantitative estimate of drug-likeness (QED) is 0.944. The van der Waals surface area contributed by atoms with Gasteiger partial charge in [-0.3, -0.25) is 4.79 Å². The largest absolute Gasteiger partial charge is 0.481 e. The number of aromatic nitrogens is 2. The van der Waals surface area contributed by atoms with E-state index in [-0.39, 0.29) is 0 Å². The molecule has 0 bridgehead atoms. The van der Waals surface area contributed by atoms with Crippen molar-refractivity contribution in [3.05, 3.63) is 39.9 Å². The van der Waals surface area contributed by atoms with Crippen LogP contribution in [-0.4, -0.2) is 27.2 Å². The van der Waals surface area contributed by atoms with Crippen molar-refractivity contribution in [1.82, 2.24) is 9.59 Å². The van der Waals surface area contributed by atoms with Crippen LogP contribution in [0.2, 0.25) is 4.34 Å². The first-order chi connectivity index (χ1) is 9.66. The van der Waals surface area contributed by atoms with Gasteiger partial charge in [-0.25, -0.2) is 0 Å². The number of rotatable bonds is 3. The zero-order valence-electron chi connectivity index (χ0n) is 10.5. The summed E-state index contributed by atoms with van der Waals surface area (Å²) in [6.45, 7) is 1.22. The number of para-hydroxylation sites is 1. The van der Waals surface area contributed by atoms with E-state index in [1.807, 2.05) is 24.3 Å². The molecule has 1 aromatic heterocycles. The van der Waals surface area contributed by atoms with Crippen molar-refractivity contribution in [3.63, 3.8) is 0 Å². The molecule has 0 saturated carbocycles. The van der Waals surface area contributed by atoms with Crippen molar-refractivity contribution in [1.29, 1.82) is 0 Å². The molecule has 1 unspecified atom stereocenters. The summed E-state index contributed by atoms with van der Waals surface area (Å²) in [5.74, 6) is -1.21. The van der Waals surface area contributed by atoms with Crippen LogP contribution in [0.15, 0.2) is 24.3 Å². The molecule has 1 atom stereocenters. The molecule has 0 aliphatic carbocycles. The third-order valence-corrected chi connectivity index (χ3v) is 4.47. The van der Waals surface area contributed by atoms with E-state index in [1.165, 1.54) is 0 Å². The highest BCUT2D eigenvalue weighted by molar-refractivity contribution is 7.10. The molecule has 7 heteroatoms. The van der Waals surface area contributed by atoms with E-state index in [0.29, 0.717) is 23.8 Å². The molecule has 5 nitrogen and oxygen atoms in total.